The molecule has 2 aliphatic rings. The molecule has 0 bridgehead atoms. The van der Waals surface area contributed by atoms with E-state index in [1.165, 1.54) is 40.0 Å². The van der Waals surface area contributed by atoms with Crippen LogP contribution in [-0.4, -0.2) is 22.1 Å². The van der Waals surface area contributed by atoms with Gasteiger partial charge in [-0.1, -0.05) is 27.7 Å². The van der Waals surface area contributed by atoms with Crippen LogP contribution in [0, 0.1) is 6.92 Å². The molecule has 144 valence electrons. The predicted molar refractivity (Wildman–Crippen MR) is 111 cm³/mol. The molecule has 4 nitrogen and oxygen atoms in total. The van der Waals surface area contributed by atoms with Crippen LogP contribution >= 0.6 is 11.3 Å². The SMILES string of the molecule is Cc1c(N(c2ccc(C(=O)O)cn2)C2CC2)sc2c1C(C)(C)CCC2(C)C. The minimum Gasteiger partial charge on any atom is -0.478 e. The molecule has 0 atom stereocenters. The average molecular weight is 385 g/mol. The standard InChI is InChI=1S/C22H28N2O2S/c1-13-17-18(22(4,5)11-10-21(17,2)3)27-19(13)24(15-7-8-15)16-9-6-14(12-23-16)20(25)26/h6,9,12,15H,7-8,10-11H2,1-5H3,(H,25,26). The zero-order valence-corrected chi connectivity index (χ0v) is 17.6. The van der Waals surface area contributed by atoms with E-state index in [1.807, 2.05) is 17.4 Å². The number of carboxylic acid groups (broad SMARTS) is 1. The Bertz CT molecular complexity index is 892. The Morgan fingerprint density at radius 3 is 2.37 bits per heavy atom. The Morgan fingerprint density at radius 1 is 1.19 bits per heavy atom. The number of pyridine rings is 1. The van der Waals surface area contributed by atoms with Crippen molar-refractivity contribution in [3.63, 3.8) is 0 Å². The minimum absolute atomic E-state index is 0.194. The quantitative estimate of drug-likeness (QED) is 0.724. The van der Waals surface area contributed by atoms with E-state index in [0.29, 0.717) is 6.04 Å². The molecule has 1 fully saturated rings. The van der Waals surface area contributed by atoms with Gasteiger partial charge in [-0.15, -0.1) is 11.3 Å². The first-order valence-corrected chi connectivity index (χ1v) is 10.6. The fraction of sp³-hybridized carbons (Fsp3) is 0.545. The predicted octanol–water partition coefficient (Wildman–Crippen LogP) is 5.80. The second-order valence-corrected chi connectivity index (χ2v) is 10.3. The van der Waals surface area contributed by atoms with Crippen molar-refractivity contribution < 1.29 is 9.90 Å². The molecule has 2 heterocycles. The molecule has 2 aliphatic carbocycles. The van der Waals surface area contributed by atoms with Gasteiger partial charge in [0.1, 0.15) is 10.8 Å². The number of aromatic carboxylic acids is 1. The van der Waals surface area contributed by atoms with Gasteiger partial charge < -0.3 is 10.0 Å². The molecule has 0 amide bonds. The topological polar surface area (TPSA) is 53.4 Å². The van der Waals surface area contributed by atoms with Crippen LogP contribution in [0.5, 0.6) is 0 Å². The van der Waals surface area contributed by atoms with Crippen LogP contribution in [-0.2, 0) is 10.8 Å². The Morgan fingerprint density at radius 2 is 1.85 bits per heavy atom. The monoisotopic (exact) mass is 384 g/mol. The zero-order valence-electron chi connectivity index (χ0n) is 16.8. The summed E-state index contributed by atoms with van der Waals surface area (Å²) in [6.45, 7) is 11.7. The number of aromatic nitrogens is 1. The molecule has 0 radical (unpaired) electrons. The average Bonchev–Trinajstić information content (AvgIpc) is 3.36. The lowest BCUT2D eigenvalue weighted by Crippen LogP contribution is -2.32. The van der Waals surface area contributed by atoms with Gasteiger partial charge in [0.25, 0.3) is 0 Å². The summed E-state index contributed by atoms with van der Waals surface area (Å²) < 4.78 is 0. The van der Waals surface area contributed by atoms with E-state index in [1.54, 1.807) is 6.07 Å². The van der Waals surface area contributed by atoms with Crippen molar-refractivity contribution in [2.24, 2.45) is 0 Å². The Kier molecular flexibility index (Phi) is 4.15. The highest BCUT2D eigenvalue weighted by Crippen LogP contribution is 2.55. The summed E-state index contributed by atoms with van der Waals surface area (Å²) in [6, 6.07) is 3.99. The molecule has 0 aromatic carbocycles. The minimum atomic E-state index is -0.932. The van der Waals surface area contributed by atoms with E-state index in [-0.39, 0.29) is 16.4 Å². The molecule has 2 aromatic rings. The summed E-state index contributed by atoms with van der Waals surface area (Å²) in [5.41, 5.74) is 3.53. The molecule has 1 N–H and O–H groups in total. The van der Waals surface area contributed by atoms with Crippen molar-refractivity contribution in [1.29, 1.82) is 0 Å². The summed E-state index contributed by atoms with van der Waals surface area (Å²) >= 11 is 1.92. The lowest BCUT2D eigenvalue weighted by atomic mass is 9.66. The maximum atomic E-state index is 11.2. The van der Waals surface area contributed by atoms with Crippen LogP contribution in [0.4, 0.5) is 10.8 Å². The Hall–Kier alpha value is -1.88. The maximum Gasteiger partial charge on any atom is 0.337 e. The number of anilines is 2. The maximum absolute atomic E-state index is 11.2. The number of hydrogen-bond acceptors (Lipinski definition) is 4. The third-order valence-corrected chi connectivity index (χ3v) is 7.82. The molecule has 2 aromatic heterocycles. The summed E-state index contributed by atoms with van der Waals surface area (Å²) in [5, 5.41) is 10.5. The van der Waals surface area contributed by atoms with Gasteiger partial charge in [0, 0.05) is 17.1 Å². The largest absolute Gasteiger partial charge is 0.478 e. The van der Waals surface area contributed by atoms with E-state index >= 15 is 0 Å². The number of nitrogens with zero attached hydrogens (tertiary/aromatic N) is 2. The molecule has 0 aliphatic heterocycles. The van der Waals surface area contributed by atoms with E-state index < -0.39 is 5.97 Å². The molecule has 0 spiro atoms. The van der Waals surface area contributed by atoms with Crippen molar-refractivity contribution >= 4 is 28.1 Å². The Labute approximate surface area is 165 Å². The third kappa shape index (κ3) is 3.06. The van der Waals surface area contributed by atoms with Gasteiger partial charge in [-0.25, -0.2) is 9.78 Å². The second kappa shape index (κ2) is 6.06. The number of carboxylic acids is 1. The molecule has 0 saturated heterocycles. The van der Waals surface area contributed by atoms with Crippen LogP contribution in [0.2, 0.25) is 0 Å². The number of carbonyl (C=O) groups is 1. The highest BCUT2D eigenvalue weighted by atomic mass is 32.1. The second-order valence-electron chi connectivity index (χ2n) is 9.32. The van der Waals surface area contributed by atoms with Crippen LogP contribution in [0.1, 0.15) is 79.7 Å². The molecule has 1 saturated carbocycles. The fourth-order valence-corrected chi connectivity index (χ4v) is 6.03. The highest BCUT2D eigenvalue weighted by molar-refractivity contribution is 7.16. The van der Waals surface area contributed by atoms with E-state index in [4.69, 9.17) is 0 Å². The van der Waals surface area contributed by atoms with Crippen molar-refractivity contribution in [1.82, 2.24) is 4.98 Å². The van der Waals surface area contributed by atoms with Crippen LogP contribution in [0.3, 0.4) is 0 Å². The van der Waals surface area contributed by atoms with Crippen molar-refractivity contribution in [3.05, 3.63) is 39.9 Å². The number of fused-ring (bicyclic) bond motifs is 1. The van der Waals surface area contributed by atoms with Crippen molar-refractivity contribution in [2.45, 2.75) is 77.2 Å². The molecule has 5 heteroatoms. The summed E-state index contributed by atoms with van der Waals surface area (Å²) in [7, 11) is 0. The van der Waals surface area contributed by atoms with Gasteiger partial charge in [-0.2, -0.15) is 0 Å². The molecular formula is C22H28N2O2S. The number of thiophene rings is 1. The van der Waals surface area contributed by atoms with Crippen molar-refractivity contribution in [2.75, 3.05) is 4.90 Å². The van der Waals surface area contributed by atoms with Crippen molar-refractivity contribution in [3.8, 4) is 0 Å². The summed E-state index contributed by atoms with van der Waals surface area (Å²) in [5.74, 6) is -0.0712. The van der Waals surface area contributed by atoms with Gasteiger partial charge in [-0.3, -0.25) is 0 Å². The lowest BCUT2D eigenvalue weighted by molar-refractivity contribution is 0.0696. The van der Waals surface area contributed by atoms with E-state index in [9.17, 15) is 9.90 Å². The zero-order chi connectivity index (χ0) is 19.6. The first kappa shape index (κ1) is 18.5. The molecular weight excluding hydrogens is 356 g/mol. The van der Waals surface area contributed by atoms with Crippen LogP contribution < -0.4 is 4.90 Å². The third-order valence-electron chi connectivity index (χ3n) is 6.16. The van der Waals surface area contributed by atoms with Crippen LogP contribution in [0.15, 0.2) is 18.3 Å². The highest BCUT2D eigenvalue weighted by Gasteiger charge is 2.43. The number of hydrogen-bond donors (Lipinski definition) is 1. The fourth-order valence-electron chi connectivity index (χ4n) is 4.33. The van der Waals surface area contributed by atoms with Gasteiger partial charge in [0.15, 0.2) is 0 Å². The lowest BCUT2D eigenvalue weighted by Gasteiger charge is -2.39. The van der Waals surface area contributed by atoms with E-state index in [2.05, 4.69) is 44.5 Å². The van der Waals surface area contributed by atoms with Gasteiger partial charge in [0.05, 0.1) is 5.56 Å². The van der Waals surface area contributed by atoms with E-state index in [0.717, 1.165) is 18.7 Å². The van der Waals surface area contributed by atoms with Gasteiger partial charge in [0.2, 0.25) is 0 Å². The molecule has 0 unspecified atom stereocenters. The number of rotatable bonds is 4. The molecule has 27 heavy (non-hydrogen) atoms. The normalized spacial score (nSPS) is 20.2. The summed E-state index contributed by atoms with van der Waals surface area (Å²) in [4.78, 5) is 19.6. The summed E-state index contributed by atoms with van der Waals surface area (Å²) in [6.07, 6.45) is 6.22. The first-order chi connectivity index (χ1) is 12.6. The van der Waals surface area contributed by atoms with Gasteiger partial charge in [-0.05, 0) is 66.7 Å². The smallest absolute Gasteiger partial charge is 0.337 e. The Balaban J connectivity index is 1.83. The first-order valence-electron chi connectivity index (χ1n) is 9.75. The molecule has 4 rings (SSSR count). The van der Waals surface area contributed by atoms with Gasteiger partial charge >= 0.3 is 5.97 Å². The van der Waals surface area contributed by atoms with Crippen LogP contribution in [0.25, 0.3) is 0 Å².